The standard InChI is InChI=1S/C24H24N2O8/c1-24(2,3)34-23(31)25-18(21(28)29)12-14-4-8-16(9-5-14)32-17-10-6-15(7-11-17)13-19-20(27)26-22(30)33-19/h4-11,13,18H,12H2,1-3H3,(H,25,31)(H,28,29)(H,26,27,30). The second kappa shape index (κ2) is 10.1. The first-order chi connectivity index (χ1) is 16.0. The van der Waals surface area contributed by atoms with Crippen LogP contribution in [0.15, 0.2) is 54.3 Å². The third-order valence-electron chi connectivity index (χ3n) is 4.41. The minimum absolute atomic E-state index is 0.0658. The highest BCUT2D eigenvalue weighted by molar-refractivity contribution is 6.09. The van der Waals surface area contributed by atoms with E-state index in [2.05, 4.69) is 5.32 Å². The second-order valence-corrected chi connectivity index (χ2v) is 8.41. The lowest BCUT2D eigenvalue weighted by molar-refractivity contribution is -0.139. The Morgan fingerprint density at radius 1 is 1.06 bits per heavy atom. The highest BCUT2D eigenvalue weighted by Gasteiger charge is 2.26. The van der Waals surface area contributed by atoms with Crippen molar-refractivity contribution in [2.45, 2.75) is 38.8 Å². The number of carboxylic acids is 1. The third-order valence-corrected chi connectivity index (χ3v) is 4.41. The molecule has 1 unspecified atom stereocenters. The molecule has 0 radical (unpaired) electrons. The Hall–Kier alpha value is -4.34. The van der Waals surface area contributed by atoms with Gasteiger partial charge in [0.2, 0.25) is 0 Å². The molecular weight excluding hydrogens is 444 g/mol. The zero-order chi connectivity index (χ0) is 24.9. The summed E-state index contributed by atoms with van der Waals surface area (Å²) in [5.41, 5.74) is 0.584. The zero-order valence-electron chi connectivity index (χ0n) is 18.8. The molecule has 178 valence electrons. The third kappa shape index (κ3) is 7.09. The first-order valence-electron chi connectivity index (χ1n) is 10.3. The van der Waals surface area contributed by atoms with Crippen LogP contribution in [0.3, 0.4) is 0 Å². The number of cyclic esters (lactones) is 1. The van der Waals surface area contributed by atoms with Crippen molar-refractivity contribution in [2.75, 3.05) is 0 Å². The molecule has 1 saturated heterocycles. The molecule has 0 spiro atoms. The summed E-state index contributed by atoms with van der Waals surface area (Å²) in [6.45, 7) is 5.07. The van der Waals surface area contributed by atoms with E-state index in [1.165, 1.54) is 6.08 Å². The Bertz CT molecular complexity index is 1120. The predicted octanol–water partition coefficient (Wildman–Crippen LogP) is 3.61. The van der Waals surface area contributed by atoms with E-state index in [1.54, 1.807) is 69.3 Å². The number of alkyl carbamates (subject to hydrolysis) is 2. The number of ether oxygens (including phenoxy) is 3. The smallest absolute Gasteiger partial charge is 0.419 e. The van der Waals surface area contributed by atoms with E-state index in [0.717, 1.165) is 0 Å². The monoisotopic (exact) mass is 468 g/mol. The number of benzene rings is 2. The van der Waals surface area contributed by atoms with Gasteiger partial charge in [-0.05, 0) is 62.2 Å². The molecule has 1 heterocycles. The number of aliphatic carboxylic acids is 1. The molecule has 3 amide bonds. The number of hydrogen-bond acceptors (Lipinski definition) is 7. The summed E-state index contributed by atoms with van der Waals surface area (Å²) in [6.07, 6.45) is -0.111. The van der Waals surface area contributed by atoms with Crippen LogP contribution in [0.5, 0.6) is 11.5 Å². The Labute approximate surface area is 195 Å². The minimum atomic E-state index is -1.17. The Kier molecular flexibility index (Phi) is 7.20. The van der Waals surface area contributed by atoms with Crippen LogP contribution in [0.4, 0.5) is 9.59 Å². The van der Waals surface area contributed by atoms with Crippen LogP contribution in [0.1, 0.15) is 31.9 Å². The molecule has 10 nitrogen and oxygen atoms in total. The summed E-state index contributed by atoms with van der Waals surface area (Å²) in [5.74, 6) is -0.818. The quantitative estimate of drug-likeness (QED) is 0.524. The molecule has 3 N–H and O–H groups in total. The number of carboxylic acid groups (broad SMARTS) is 1. The lowest BCUT2D eigenvalue weighted by Gasteiger charge is -2.22. The topological polar surface area (TPSA) is 140 Å². The lowest BCUT2D eigenvalue weighted by atomic mass is 10.1. The Morgan fingerprint density at radius 2 is 1.65 bits per heavy atom. The van der Waals surface area contributed by atoms with Gasteiger partial charge in [0.1, 0.15) is 23.1 Å². The predicted molar refractivity (Wildman–Crippen MR) is 120 cm³/mol. The van der Waals surface area contributed by atoms with Crippen molar-refractivity contribution in [1.82, 2.24) is 10.6 Å². The van der Waals surface area contributed by atoms with Gasteiger partial charge >= 0.3 is 18.2 Å². The Morgan fingerprint density at radius 3 is 2.15 bits per heavy atom. The summed E-state index contributed by atoms with van der Waals surface area (Å²) in [4.78, 5) is 46.0. The molecule has 1 atom stereocenters. The van der Waals surface area contributed by atoms with Crippen LogP contribution in [0, 0.1) is 0 Å². The molecule has 3 rings (SSSR count). The van der Waals surface area contributed by atoms with Crippen LogP contribution < -0.4 is 15.4 Å². The van der Waals surface area contributed by atoms with Crippen molar-refractivity contribution in [3.05, 3.63) is 65.4 Å². The van der Waals surface area contributed by atoms with Gasteiger partial charge in [0, 0.05) is 6.42 Å². The maximum absolute atomic E-state index is 11.9. The number of nitrogens with one attached hydrogen (secondary N) is 2. The SMILES string of the molecule is CC(C)(C)OC(=O)NC(Cc1ccc(Oc2ccc(C=C3OC(=O)NC3=O)cc2)cc1)C(=O)O. The van der Waals surface area contributed by atoms with Crippen molar-refractivity contribution < 1.29 is 38.5 Å². The first-order valence-corrected chi connectivity index (χ1v) is 10.3. The molecule has 2 aromatic rings. The molecule has 0 aliphatic carbocycles. The molecule has 1 aliphatic heterocycles. The van der Waals surface area contributed by atoms with Gasteiger partial charge in [-0.25, -0.2) is 14.4 Å². The molecular formula is C24H24N2O8. The van der Waals surface area contributed by atoms with Crippen molar-refractivity contribution >= 4 is 30.1 Å². The summed E-state index contributed by atoms with van der Waals surface area (Å²) in [7, 11) is 0. The molecule has 1 aliphatic rings. The normalized spacial score (nSPS) is 15.3. The van der Waals surface area contributed by atoms with E-state index in [-0.39, 0.29) is 12.2 Å². The molecule has 1 fully saturated rings. The molecule has 0 aromatic heterocycles. The Balaban J connectivity index is 1.59. The fourth-order valence-corrected chi connectivity index (χ4v) is 2.92. The van der Waals surface area contributed by atoms with Gasteiger partial charge in [0.05, 0.1) is 0 Å². The van der Waals surface area contributed by atoms with Crippen LogP contribution in [0.25, 0.3) is 6.08 Å². The molecule has 0 bridgehead atoms. The van der Waals surface area contributed by atoms with Crippen LogP contribution in [-0.2, 0) is 25.5 Å². The van der Waals surface area contributed by atoms with E-state index >= 15 is 0 Å². The fourth-order valence-electron chi connectivity index (χ4n) is 2.92. The van der Waals surface area contributed by atoms with Crippen molar-refractivity contribution in [2.24, 2.45) is 0 Å². The van der Waals surface area contributed by atoms with Gasteiger partial charge in [-0.2, -0.15) is 0 Å². The highest BCUT2D eigenvalue weighted by atomic mass is 16.6. The maximum Gasteiger partial charge on any atom is 0.419 e. The fraction of sp³-hybridized carbons (Fsp3) is 0.250. The van der Waals surface area contributed by atoms with Gasteiger partial charge in [0.15, 0.2) is 5.76 Å². The highest BCUT2D eigenvalue weighted by Crippen LogP contribution is 2.23. The summed E-state index contributed by atoms with van der Waals surface area (Å²) in [5, 5.41) is 13.8. The first kappa shape index (κ1) is 24.3. The number of amides is 3. The maximum atomic E-state index is 11.9. The summed E-state index contributed by atoms with van der Waals surface area (Å²) < 4.78 is 15.7. The van der Waals surface area contributed by atoms with E-state index in [4.69, 9.17) is 14.2 Å². The van der Waals surface area contributed by atoms with E-state index < -0.39 is 35.7 Å². The average Bonchev–Trinajstić information content (AvgIpc) is 3.05. The van der Waals surface area contributed by atoms with Crippen molar-refractivity contribution in [3.8, 4) is 11.5 Å². The van der Waals surface area contributed by atoms with Gasteiger partial charge in [0.25, 0.3) is 5.91 Å². The van der Waals surface area contributed by atoms with Crippen LogP contribution in [0.2, 0.25) is 0 Å². The van der Waals surface area contributed by atoms with E-state index in [0.29, 0.717) is 22.6 Å². The molecule has 10 heteroatoms. The van der Waals surface area contributed by atoms with E-state index in [1.807, 2.05) is 5.32 Å². The van der Waals surface area contributed by atoms with Gasteiger partial charge in [-0.15, -0.1) is 0 Å². The van der Waals surface area contributed by atoms with Crippen molar-refractivity contribution in [3.63, 3.8) is 0 Å². The van der Waals surface area contributed by atoms with Crippen molar-refractivity contribution in [1.29, 1.82) is 0 Å². The van der Waals surface area contributed by atoms with Crippen LogP contribution in [-0.4, -0.2) is 40.8 Å². The number of carbonyl (C=O) groups is 4. The average molecular weight is 468 g/mol. The van der Waals surface area contributed by atoms with Gasteiger partial charge in [-0.1, -0.05) is 24.3 Å². The molecule has 2 aromatic carbocycles. The summed E-state index contributed by atoms with van der Waals surface area (Å²) in [6, 6.07) is 12.4. The van der Waals surface area contributed by atoms with Gasteiger partial charge in [-0.3, -0.25) is 10.1 Å². The minimum Gasteiger partial charge on any atom is -0.480 e. The molecule has 34 heavy (non-hydrogen) atoms. The lowest BCUT2D eigenvalue weighted by Crippen LogP contribution is -2.44. The largest absolute Gasteiger partial charge is 0.480 e. The number of hydrogen-bond donors (Lipinski definition) is 3. The summed E-state index contributed by atoms with van der Waals surface area (Å²) >= 11 is 0. The zero-order valence-corrected chi connectivity index (χ0v) is 18.8. The molecule has 0 saturated carbocycles. The number of imide groups is 1. The number of rotatable bonds is 7. The van der Waals surface area contributed by atoms with Crippen LogP contribution >= 0.6 is 0 Å². The van der Waals surface area contributed by atoms with Gasteiger partial charge < -0.3 is 24.6 Å². The van der Waals surface area contributed by atoms with E-state index in [9.17, 15) is 24.3 Å². The second-order valence-electron chi connectivity index (χ2n) is 8.41. The number of carbonyl (C=O) groups excluding carboxylic acids is 3.